The highest BCUT2D eigenvalue weighted by Gasteiger charge is 2.07. The van der Waals surface area contributed by atoms with Crippen molar-refractivity contribution in [2.45, 2.75) is 6.61 Å². The van der Waals surface area contributed by atoms with E-state index in [4.69, 9.17) is 9.57 Å². The third kappa shape index (κ3) is 5.90. The van der Waals surface area contributed by atoms with Crippen molar-refractivity contribution in [3.05, 3.63) is 59.9 Å². The van der Waals surface area contributed by atoms with Crippen LogP contribution in [0.2, 0.25) is 0 Å². The van der Waals surface area contributed by atoms with Crippen LogP contribution in [0, 0.1) is 5.82 Å². The van der Waals surface area contributed by atoms with Gasteiger partial charge in [0.25, 0.3) is 0 Å². The first-order chi connectivity index (χ1) is 11.1. The number of nitrogens with zero attached hydrogens (tertiary/aromatic N) is 1. The molecule has 2 aromatic rings. The van der Waals surface area contributed by atoms with E-state index in [-0.39, 0.29) is 24.8 Å². The van der Waals surface area contributed by atoms with Crippen molar-refractivity contribution in [1.82, 2.24) is 0 Å². The molecule has 0 spiro atoms. The Kier molecular flexibility index (Phi) is 6.28. The number of benzene rings is 2. The fourth-order valence-electron chi connectivity index (χ4n) is 1.66. The molecule has 0 radical (unpaired) electrons. The fourth-order valence-corrected chi connectivity index (χ4v) is 1.66. The van der Waals surface area contributed by atoms with Gasteiger partial charge in [-0.05, 0) is 36.4 Å². The molecule has 0 atom stereocenters. The average molecular weight is 325 g/mol. The van der Waals surface area contributed by atoms with Crippen LogP contribution in [0.15, 0.2) is 53.7 Å². The first kappa shape index (κ1) is 16.7. The lowest BCUT2D eigenvalue weighted by molar-refractivity contribution is -0.0499. The van der Waals surface area contributed by atoms with Crippen LogP contribution in [0.1, 0.15) is 5.56 Å². The van der Waals surface area contributed by atoms with Crippen LogP contribution in [0.4, 0.5) is 13.2 Å². The molecule has 2 aromatic carbocycles. The lowest BCUT2D eigenvalue weighted by Crippen LogP contribution is -2.05. The summed E-state index contributed by atoms with van der Waals surface area (Å²) in [6.07, 6.45) is 1.27. The molecule has 0 heterocycles. The first-order valence-electron chi connectivity index (χ1n) is 6.72. The molecule has 0 aliphatic carbocycles. The number of para-hydroxylation sites is 1. The van der Waals surface area contributed by atoms with E-state index in [1.807, 2.05) is 0 Å². The zero-order valence-corrected chi connectivity index (χ0v) is 12.0. The Morgan fingerprint density at radius 1 is 1.00 bits per heavy atom. The van der Waals surface area contributed by atoms with Crippen molar-refractivity contribution in [3.63, 3.8) is 0 Å². The highest BCUT2D eigenvalue weighted by atomic mass is 19.3. The Labute approximate surface area is 131 Å². The molecule has 0 bridgehead atoms. The van der Waals surface area contributed by atoms with E-state index in [1.165, 1.54) is 36.5 Å². The Bertz CT molecular complexity index is 633. The third-order valence-corrected chi connectivity index (χ3v) is 2.66. The molecular weight excluding hydrogens is 311 g/mol. The van der Waals surface area contributed by atoms with Gasteiger partial charge in [0.15, 0.2) is 6.61 Å². The van der Waals surface area contributed by atoms with Crippen LogP contribution < -0.4 is 9.47 Å². The predicted molar refractivity (Wildman–Crippen MR) is 78.5 cm³/mol. The maximum atomic E-state index is 12.7. The average Bonchev–Trinajstić information content (AvgIpc) is 2.53. The van der Waals surface area contributed by atoms with Crippen LogP contribution in [0.3, 0.4) is 0 Å². The van der Waals surface area contributed by atoms with Crippen molar-refractivity contribution in [2.24, 2.45) is 5.16 Å². The normalized spacial score (nSPS) is 11.0. The maximum Gasteiger partial charge on any atom is 0.387 e. The molecule has 7 heteroatoms. The molecular formula is C16H14F3NO3. The molecule has 0 saturated heterocycles. The molecule has 0 fully saturated rings. The Hall–Kier alpha value is -2.70. The lowest BCUT2D eigenvalue weighted by Gasteiger charge is -2.07. The van der Waals surface area contributed by atoms with Crippen LogP contribution in [-0.2, 0) is 4.84 Å². The van der Waals surface area contributed by atoms with E-state index in [9.17, 15) is 13.2 Å². The van der Waals surface area contributed by atoms with Crippen LogP contribution in [0.25, 0.3) is 0 Å². The summed E-state index contributed by atoms with van der Waals surface area (Å²) in [4.78, 5) is 4.97. The molecule has 0 N–H and O–H groups in total. The van der Waals surface area contributed by atoms with Gasteiger partial charge >= 0.3 is 6.61 Å². The Morgan fingerprint density at radius 3 is 2.48 bits per heavy atom. The van der Waals surface area contributed by atoms with Crippen molar-refractivity contribution in [3.8, 4) is 11.5 Å². The van der Waals surface area contributed by atoms with E-state index >= 15 is 0 Å². The van der Waals surface area contributed by atoms with Gasteiger partial charge in [0.2, 0.25) is 0 Å². The molecule has 2 rings (SSSR count). The maximum absolute atomic E-state index is 12.7. The number of alkyl halides is 2. The molecule has 0 amide bonds. The molecule has 0 saturated carbocycles. The number of hydrogen-bond acceptors (Lipinski definition) is 4. The SMILES string of the molecule is Fc1ccc(OCCO/N=C/c2ccccc2OC(F)F)cc1. The van der Waals surface area contributed by atoms with Crippen LogP contribution >= 0.6 is 0 Å². The number of rotatable bonds is 8. The van der Waals surface area contributed by atoms with Gasteiger partial charge in [-0.1, -0.05) is 17.3 Å². The van der Waals surface area contributed by atoms with Crippen molar-refractivity contribution >= 4 is 6.21 Å². The largest absolute Gasteiger partial charge is 0.490 e. The quantitative estimate of drug-likeness (QED) is 0.420. The van der Waals surface area contributed by atoms with Gasteiger partial charge < -0.3 is 14.3 Å². The molecule has 0 aliphatic rings. The number of hydrogen-bond donors (Lipinski definition) is 0. The number of halogens is 3. The molecule has 0 aromatic heterocycles. The Balaban J connectivity index is 1.75. The second-order valence-corrected chi connectivity index (χ2v) is 4.29. The molecule has 0 aliphatic heterocycles. The minimum absolute atomic E-state index is 0.0115. The van der Waals surface area contributed by atoms with E-state index in [1.54, 1.807) is 18.2 Å². The first-order valence-corrected chi connectivity index (χ1v) is 6.72. The topological polar surface area (TPSA) is 40.0 Å². The van der Waals surface area contributed by atoms with E-state index in [0.29, 0.717) is 11.3 Å². The van der Waals surface area contributed by atoms with Crippen LogP contribution in [0.5, 0.6) is 11.5 Å². The smallest absolute Gasteiger partial charge is 0.387 e. The predicted octanol–water partition coefficient (Wildman–Crippen LogP) is 3.86. The van der Waals surface area contributed by atoms with Crippen LogP contribution in [-0.4, -0.2) is 26.0 Å². The highest BCUT2D eigenvalue weighted by molar-refractivity contribution is 5.83. The minimum Gasteiger partial charge on any atom is -0.490 e. The zero-order valence-electron chi connectivity index (χ0n) is 12.0. The van der Waals surface area contributed by atoms with E-state index in [0.717, 1.165) is 0 Å². The van der Waals surface area contributed by atoms with Gasteiger partial charge in [0, 0.05) is 5.56 Å². The summed E-state index contributed by atoms with van der Waals surface area (Å²) in [5, 5.41) is 3.66. The van der Waals surface area contributed by atoms with Gasteiger partial charge in [-0.25, -0.2) is 4.39 Å². The molecule has 122 valence electrons. The summed E-state index contributed by atoms with van der Waals surface area (Å²) >= 11 is 0. The van der Waals surface area contributed by atoms with Gasteiger partial charge in [-0.2, -0.15) is 8.78 Å². The number of ether oxygens (including phenoxy) is 2. The summed E-state index contributed by atoms with van der Waals surface area (Å²) < 4.78 is 46.8. The summed E-state index contributed by atoms with van der Waals surface area (Å²) in [7, 11) is 0. The third-order valence-electron chi connectivity index (χ3n) is 2.66. The standard InChI is InChI=1S/C16H14F3NO3/c17-13-5-7-14(8-6-13)21-9-10-22-20-11-12-3-1-2-4-15(12)23-16(18)19/h1-8,11,16H,9-10H2/b20-11+. The van der Waals surface area contributed by atoms with Gasteiger partial charge in [0.05, 0.1) is 6.21 Å². The molecule has 23 heavy (non-hydrogen) atoms. The van der Waals surface area contributed by atoms with Crippen molar-refractivity contribution in [1.29, 1.82) is 0 Å². The molecule has 4 nitrogen and oxygen atoms in total. The minimum atomic E-state index is -2.91. The van der Waals surface area contributed by atoms with Crippen molar-refractivity contribution < 1.29 is 27.5 Å². The summed E-state index contributed by atoms with van der Waals surface area (Å²) in [5.74, 6) is 0.176. The Morgan fingerprint density at radius 2 is 1.74 bits per heavy atom. The number of oxime groups is 1. The monoisotopic (exact) mass is 325 g/mol. The second kappa shape index (κ2) is 8.67. The fraction of sp³-hybridized carbons (Fsp3) is 0.188. The van der Waals surface area contributed by atoms with Crippen molar-refractivity contribution in [2.75, 3.05) is 13.2 Å². The highest BCUT2D eigenvalue weighted by Crippen LogP contribution is 2.18. The lowest BCUT2D eigenvalue weighted by atomic mass is 10.2. The second-order valence-electron chi connectivity index (χ2n) is 4.29. The molecule has 0 unspecified atom stereocenters. The zero-order chi connectivity index (χ0) is 16.5. The van der Waals surface area contributed by atoms with E-state index < -0.39 is 6.61 Å². The van der Waals surface area contributed by atoms with Gasteiger partial charge in [0.1, 0.15) is 23.9 Å². The summed E-state index contributed by atoms with van der Waals surface area (Å²) in [5.41, 5.74) is 0.368. The van der Waals surface area contributed by atoms with Gasteiger partial charge in [-0.3, -0.25) is 0 Å². The summed E-state index contributed by atoms with van der Waals surface area (Å²) in [6, 6.07) is 11.8. The van der Waals surface area contributed by atoms with E-state index in [2.05, 4.69) is 9.89 Å². The summed E-state index contributed by atoms with van der Waals surface area (Å²) in [6.45, 7) is -2.56. The van der Waals surface area contributed by atoms with Gasteiger partial charge in [-0.15, -0.1) is 0 Å².